The Labute approximate surface area is 123 Å². The molecular weight excluding hydrogens is 266 g/mol. The zero-order chi connectivity index (χ0) is 15.7. The van der Waals surface area contributed by atoms with E-state index in [1.54, 1.807) is 6.20 Å². The van der Waals surface area contributed by atoms with Crippen LogP contribution in [0.15, 0.2) is 29.2 Å². The van der Waals surface area contributed by atoms with E-state index in [0.29, 0.717) is 5.56 Å². The van der Waals surface area contributed by atoms with Gasteiger partial charge >= 0.3 is 5.97 Å². The molecule has 0 saturated heterocycles. The summed E-state index contributed by atoms with van der Waals surface area (Å²) in [6.45, 7) is 7.93. The minimum absolute atomic E-state index is 0.228. The Morgan fingerprint density at radius 1 is 1.10 bits per heavy atom. The summed E-state index contributed by atoms with van der Waals surface area (Å²) in [4.78, 5) is 22.8. The first-order valence-electron chi connectivity index (χ1n) is 6.82. The van der Waals surface area contributed by atoms with Gasteiger partial charge in [0.1, 0.15) is 0 Å². The molecule has 0 unspecified atom stereocenters. The number of hydrogen-bond acceptors (Lipinski definition) is 2. The summed E-state index contributed by atoms with van der Waals surface area (Å²) in [7, 11) is 0. The number of nitrogens with zero attached hydrogens (tertiary/aromatic N) is 1. The molecule has 0 saturated carbocycles. The molecule has 0 radical (unpaired) electrons. The summed E-state index contributed by atoms with van der Waals surface area (Å²) >= 11 is 0. The molecule has 110 valence electrons. The third-order valence-electron chi connectivity index (χ3n) is 3.54. The van der Waals surface area contributed by atoms with Crippen LogP contribution in [-0.4, -0.2) is 15.6 Å². The zero-order valence-electron chi connectivity index (χ0n) is 12.7. The largest absolute Gasteiger partial charge is 0.481 e. The van der Waals surface area contributed by atoms with Gasteiger partial charge in [0, 0.05) is 23.5 Å². The van der Waals surface area contributed by atoms with E-state index in [9.17, 15) is 9.59 Å². The highest BCUT2D eigenvalue weighted by Crippen LogP contribution is 2.22. The number of hydrogen-bond donors (Lipinski definition) is 1. The molecule has 4 heteroatoms. The van der Waals surface area contributed by atoms with Crippen LogP contribution >= 0.6 is 0 Å². The lowest BCUT2D eigenvalue weighted by molar-refractivity contribution is -0.136. The van der Waals surface area contributed by atoms with Gasteiger partial charge in [-0.15, -0.1) is 0 Å². The van der Waals surface area contributed by atoms with Gasteiger partial charge in [-0.2, -0.15) is 0 Å². The molecule has 0 atom stereocenters. The van der Waals surface area contributed by atoms with Gasteiger partial charge in [-0.1, -0.05) is 17.7 Å². The molecule has 2 rings (SSSR count). The number of aryl methyl sites for hydroxylation is 4. The van der Waals surface area contributed by atoms with Gasteiger partial charge in [0.05, 0.1) is 12.1 Å². The van der Waals surface area contributed by atoms with Crippen LogP contribution < -0.4 is 5.43 Å². The van der Waals surface area contributed by atoms with E-state index >= 15 is 0 Å². The summed E-state index contributed by atoms with van der Waals surface area (Å²) in [6, 6.07) is 5.66. The third kappa shape index (κ3) is 3.05. The number of rotatable bonds is 3. The molecule has 0 aliphatic heterocycles. The molecule has 1 aromatic heterocycles. The van der Waals surface area contributed by atoms with Crippen LogP contribution in [0.25, 0.3) is 5.69 Å². The second-order valence-electron chi connectivity index (χ2n) is 5.49. The number of benzene rings is 1. The SMILES string of the molecule is Cc1cc(C)c(-n2cc(CC(=O)O)c(=O)cc2C)c(C)c1. The molecule has 4 nitrogen and oxygen atoms in total. The third-order valence-corrected chi connectivity index (χ3v) is 3.54. The van der Waals surface area contributed by atoms with Gasteiger partial charge in [0.25, 0.3) is 0 Å². The Hall–Kier alpha value is -2.36. The Morgan fingerprint density at radius 3 is 2.19 bits per heavy atom. The number of aromatic nitrogens is 1. The van der Waals surface area contributed by atoms with E-state index in [0.717, 1.165) is 22.5 Å². The molecule has 0 aliphatic carbocycles. The molecular formula is C17H19NO3. The van der Waals surface area contributed by atoms with Crippen molar-refractivity contribution in [3.63, 3.8) is 0 Å². The Bertz CT molecular complexity index is 749. The van der Waals surface area contributed by atoms with Gasteiger partial charge < -0.3 is 9.67 Å². The molecule has 0 bridgehead atoms. The number of aliphatic carboxylic acids is 1. The highest BCUT2D eigenvalue weighted by molar-refractivity contribution is 5.70. The number of carbonyl (C=O) groups is 1. The van der Waals surface area contributed by atoms with E-state index in [2.05, 4.69) is 12.1 Å². The number of pyridine rings is 1. The van der Waals surface area contributed by atoms with Crippen LogP contribution in [0.4, 0.5) is 0 Å². The number of carboxylic acids is 1. The average Bonchev–Trinajstić information content (AvgIpc) is 2.32. The monoisotopic (exact) mass is 285 g/mol. The predicted molar refractivity (Wildman–Crippen MR) is 82.3 cm³/mol. The zero-order valence-corrected chi connectivity index (χ0v) is 12.7. The fourth-order valence-electron chi connectivity index (χ4n) is 2.76. The lowest BCUT2D eigenvalue weighted by Gasteiger charge is -2.18. The van der Waals surface area contributed by atoms with Crippen molar-refractivity contribution in [1.82, 2.24) is 4.57 Å². The lowest BCUT2D eigenvalue weighted by Crippen LogP contribution is -2.18. The maximum Gasteiger partial charge on any atom is 0.308 e. The average molecular weight is 285 g/mol. The van der Waals surface area contributed by atoms with Crippen molar-refractivity contribution < 1.29 is 9.90 Å². The molecule has 0 spiro atoms. The fraction of sp³-hybridized carbons (Fsp3) is 0.294. The second kappa shape index (κ2) is 5.56. The summed E-state index contributed by atoms with van der Waals surface area (Å²) in [5.74, 6) is -1.00. The van der Waals surface area contributed by atoms with E-state index in [1.165, 1.54) is 11.6 Å². The first-order chi connectivity index (χ1) is 9.79. The molecule has 21 heavy (non-hydrogen) atoms. The normalized spacial score (nSPS) is 10.7. The highest BCUT2D eigenvalue weighted by Gasteiger charge is 2.12. The minimum Gasteiger partial charge on any atom is -0.481 e. The summed E-state index contributed by atoms with van der Waals surface area (Å²) < 4.78 is 1.91. The highest BCUT2D eigenvalue weighted by atomic mass is 16.4. The maximum absolute atomic E-state index is 11.9. The first-order valence-corrected chi connectivity index (χ1v) is 6.82. The van der Waals surface area contributed by atoms with Crippen LogP contribution in [0.5, 0.6) is 0 Å². The maximum atomic E-state index is 11.9. The topological polar surface area (TPSA) is 59.3 Å². The second-order valence-corrected chi connectivity index (χ2v) is 5.49. The standard InChI is InChI=1S/C17H19NO3/c1-10-5-11(2)17(12(3)6-10)18-9-14(8-16(20)21)15(19)7-13(18)4/h5-7,9H,8H2,1-4H3,(H,20,21). The van der Waals surface area contributed by atoms with Gasteiger partial charge in [-0.3, -0.25) is 9.59 Å². The molecule has 0 aliphatic rings. The lowest BCUT2D eigenvalue weighted by atomic mass is 10.0. The van der Waals surface area contributed by atoms with Crippen molar-refractivity contribution in [2.75, 3.05) is 0 Å². The van der Waals surface area contributed by atoms with Gasteiger partial charge in [0.2, 0.25) is 0 Å². The van der Waals surface area contributed by atoms with Crippen LogP contribution in [0.1, 0.15) is 27.9 Å². The Balaban J connectivity index is 2.70. The Morgan fingerprint density at radius 2 is 1.67 bits per heavy atom. The van der Waals surface area contributed by atoms with Crippen LogP contribution in [0, 0.1) is 27.7 Å². The summed E-state index contributed by atoms with van der Waals surface area (Å²) in [5.41, 5.74) is 5.24. The van der Waals surface area contributed by atoms with E-state index in [4.69, 9.17) is 5.11 Å². The van der Waals surface area contributed by atoms with E-state index < -0.39 is 5.97 Å². The van der Waals surface area contributed by atoms with Crippen molar-refractivity contribution in [3.8, 4) is 5.69 Å². The molecule has 1 N–H and O–H groups in total. The number of carboxylic acid groups (broad SMARTS) is 1. The van der Waals surface area contributed by atoms with Crippen LogP contribution in [-0.2, 0) is 11.2 Å². The molecule has 1 aromatic carbocycles. The van der Waals surface area contributed by atoms with Gasteiger partial charge in [0.15, 0.2) is 5.43 Å². The predicted octanol–water partition coefficient (Wildman–Crippen LogP) is 2.70. The van der Waals surface area contributed by atoms with E-state index in [-0.39, 0.29) is 11.8 Å². The van der Waals surface area contributed by atoms with Crippen molar-refractivity contribution in [3.05, 3.63) is 62.6 Å². The smallest absolute Gasteiger partial charge is 0.308 e. The summed E-state index contributed by atoms with van der Waals surface area (Å²) in [5, 5.41) is 8.92. The molecule has 0 fully saturated rings. The van der Waals surface area contributed by atoms with E-state index in [1.807, 2.05) is 32.3 Å². The first kappa shape index (κ1) is 15.0. The van der Waals surface area contributed by atoms with Crippen molar-refractivity contribution in [2.24, 2.45) is 0 Å². The van der Waals surface area contributed by atoms with Crippen LogP contribution in [0.3, 0.4) is 0 Å². The quantitative estimate of drug-likeness (QED) is 0.943. The molecule has 1 heterocycles. The van der Waals surface area contributed by atoms with Crippen molar-refractivity contribution in [2.45, 2.75) is 34.1 Å². The molecule has 0 amide bonds. The summed E-state index contributed by atoms with van der Waals surface area (Å²) in [6.07, 6.45) is 1.39. The van der Waals surface area contributed by atoms with Gasteiger partial charge in [-0.05, 0) is 38.8 Å². The van der Waals surface area contributed by atoms with Gasteiger partial charge in [-0.25, -0.2) is 0 Å². The molecule has 2 aromatic rings. The fourth-order valence-corrected chi connectivity index (χ4v) is 2.76. The van der Waals surface area contributed by atoms with Crippen LogP contribution in [0.2, 0.25) is 0 Å². The Kier molecular flexibility index (Phi) is 3.98. The minimum atomic E-state index is -1.00. The van der Waals surface area contributed by atoms with Crippen molar-refractivity contribution >= 4 is 5.97 Å². The van der Waals surface area contributed by atoms with Crippen molar-refractivity contribution in [1.29, 1.82) is 0 Å².